The van der Waals surface area contributed by atoms with Crippen molar-refractivity contribution in [1.29, 1.82) is 0 Å². The molecule has 3 N–H and O–H groups in total. The Kier molecular flexibility index (Phi) is 6.29. The van der Waals surface area contributed by atoms with Crippen molar-refractivity contribution in [3.05, 3.63) is 53.8 Å². The second kappa shape index (κ2) is 8.28. The lowest BCUT2D eigenvalue weighted by atomic mass is 10.0. The minimum atomic E-state index is -3.66. The van der Waals surface area contributed by atoms with E-state index in [2.05, 4.69) is 4.98 Å². The molecule has 0 aliphatic rings. The Balaban J connectivity index is 0.000000380. The van der Waals surface area contributed by atoms with Gasteiger partial charge in [-0.15, -0.1) is 0 Å². The number of nitrogens with two attached hydrogens (primary N) is 1. The highest BCUT2D eigenvalue weighted by atomic mass is 32.2. The van der Waals surface area contributed by atoms with Crippen LogP contribution in [0.2, 0.25) is 0 Å². The Hall–Kier alpha value is -2.78. The maximum absolute atomic E-state index is 12.9. The van der Waals surface area contributed by atoms with Gasteiger partial charge in [0, 0.05) is 5.56 Å². The molecule has 1 aromatic heterocycles. The first-order chi connectivity index (χ1) is 12.6. The van der Waals surface area contributed by atoms with Crippen LogP contribution in [-0.4, -0.2) is 29.6 Å². The van der Waals surface area contributed by atoms with Crippen LogP contribution >= 0.6 is 0 Å². The normalized spacial score (nSPS) is 12.3. The fourth-order valence-corrected chi connectivity index (χ4v) is 2.09. The number of oxazole rings is 1. The smallest absolute Gasteiger partial charge is 0.264 e. The van der Waals surface area contributed by atoms with E-state index in [1.807, 2.05) is 0 Å². The summed E-state index contributed by atoms with van der Waals surface area (Å²) in [5.74, 6) is -0.884. The fourth-order valence-electron chi connectivity index (χ4n) is 2.09. The molecule has 1 atom stereocenters. The van der Waals surface area contributed by atoms with Crippen LogP contribution in [0.1, 0.15) is 25.3 Å². The molecule has 1 unspecified atom stereocenters. The number of hydrogen-bond acceptors (Lipinski definition) is 5. The number of carbonyl (C=O) groups excluding carboxylic acids is 1. The van der Waals surface area contributed by atoms with Gasteiger partial charge in [-0.25, -0.2) is 9.37 Å². The van der Waals surface area contributed by atoms with E-state index in [1.165, 1.54) is 19.1 Å². The molecular weight excluding hydrogens is 375 g/mol. The average Bonchev–Trinajstić information content (AvgIpc) is 3.04. The van der Waals surface area contributed by atoms with Crippen molar-refractivity contribution in [2.45, 2.75) is 19.8 Å². The molecule has 7 nitrogen and oxygen atoms in total. The second-order valence-electron chi connectivity index (χ2n) is 5.75. The molecule has 2 aromatic carbocycles. The molecule has 0 saturated heterocycles. The SMILES string of the molecule is CC(C(N)=O)c1ccc2oc(-c3ccc(F)cc3)nc2c1.CCS(=O)(=O)O. The highest BCUT2D eigenvalue weighted by molar-refractivity contribution is 7.85. The molecule has 0 radical (unpaired) electrons. The molecule has 9 heteroatoms. The second-order valence-corrected chi connectivity index (χ2v) is 7.49. The third kappa shape index (κ3) is 5.60. The van der Waals surface area contributed by atoms with Crippen LogP contribution in [0.4, 0.5) is 4.39 Å². The lowest BCUT2D eigenvalue weighted by molar-refractivity contribution is -0.119. The lowest BCUT2D eigenvalue weighted by Gasteiger charge is -2.06. The molecule has 0 aliphatic carbocycles. The highest BCUT2D eigenvalue weighted by Gasteiger charge is 2.14. The number of halogens is 1. The number of fused-ring (bicyclic) bond motifs is 1. The van der Waals surface area contributed by atoms with Crippen molar-refractivity contribution < 1.29 is 26.6 Å². The van der Waals surface area contributed by atoms with E-state index in [0.29, 0.717) is 22.6 Å². The Morgan fingerprint density at radius 2 is 1.85 bits per heavy atom. The van der Waals surface area contributed by atoms with Gasteiger partial charge in [0.1, 0.15) is 11.3 Å². The summed E-state index contributed by atoms with van der Waals surface area (Å²) < 4.78 is 45.5. The summed E-state index contributed by atoms with van der Waals surface area (Å²) in [4.78, 5) is 15.6. The Morgan fingerprint density at radius 3 is 2.37 bits per heavy atom. The maximum atomic E-state index is 12.9. The zero-order valence-corrected chi connectivity index (χ0v) is 15.5. The monoisotopic (exact) mass is 394 g/mol. The summed E-state index contributed by atoms with van der Waals surface area (Å²) in [7, 11) is -3.66. The largest absolute Gasteiger partial charge is 0.436 e. The predicted octanol–water partition coefficient (Wildman–Crippen LogP) is 3.12. The summed E-state index contributed by atoms with van der Waals surface area (Å²) in [5.41, 5.74) is 8.03. The summed E-state index contributed by atoms with van der Waals surface area (Å²) >= 11 is 0. The van der Waals surface area contributed by atoms with Crippen molar-refractivity contribution in [1.82, 2.24) is 4.98 Å². The Morgan fingerprint density at radius 1 is 1.26 bits per heavy atom. The van der Waals surface area contributed by atoms with Gasteiger partial charge in [-0.3, -0.25) is 9.35 Å². The van der Waals surface area contributed by atoms with Gasteiger partial charge >= 0.3 is 0 Å². The first-order valence-corrected chi connectivity index (χ1v) is 9.62. The fraction of sp³-hybridized carbons (Fsp3) is 0.222. The molecule has 144 valence electrons. The van der Waals surface area contributed by atoms with E-state index in [9.17, 15) is 17.6 Å². The van der Waals surface area contributed by atoms with Gasteiger partial charge in [0.2, 0.25) is 11.8 Å². The third-order valence-electron chi connectivity index (χ3n) is 3.79. The van der Waals surface area contributed by atoms with Gasteiger partial charge in [0.05, 0.1) is 11.7 Å². The van der Waals surface area contributed by atoms with Gasteiger partial charge in [-0.1, -0.05) is 6.07 Å². The van der Waals surface area contributed by atoms with Gasteiger partial charge in [-0.05, 0) is 55.8 Å². The van der Waals surface area contributed by atoms with E-state index in [4.69, 9.17) is 14.7 Å². The minimum Gasteiger partial charge on any atom is -0.436 e. The zero-order chi connectivity index (χ0) is 20.2. The minimum absolute atomic E-state index is 0.201. The van der Waals surface area contributed by atoms with Gasteiger partial charge in [0.25, 0.3) is 10.1 Å². The van der Waals surface area contributed by atoms with Crippen molar-refractivity contribution in [3.63, 3.8) is 0 Å². The first-order valence-electron chi connectivity index (χ1n) is 8.01. The van der Waals surface area contributed by atoms with E-state index in [1.54, 1.807) is 37.3 Å². The Labute approximate surface area is 155 Å². The predicted molar refractivity (Wildman–Crippen MR) is 99.1 cm³/mol. The van der Waals surface area contributed by atoms with Crippen LogP contribution in [0.3, 0.4) is 0 Å². The van der Waals surface area contributed by atoms with Gasteiger partial charge in [0.15, 0.2) is 5.58 Å². The third-order valence-corrected chi connectivity index (χ3v) is 4.52. The van der Waals surface area contributed by atoms with Crippen LogP contribution in [0.5, 0.6) is 0 Å². The van der Waals surface area contributed by atoms with Crippen molar-refractivity contribution in [2.75, 3.05) is 5.75 Å². The van der Waals surface area contributed by atoms with Crippen molar-refractivity contribution in [3.8, 4) is 11.5 Å². The standard InChI is InChI=1S/C16H13FN2O2.C2H6O3S/c1-9(15(18)20)11-4-7-14-13(8-11)19-16(21-14)10-2-5-12(17)6-3-10;1-2-6(3,4)5/h2-9H,1H3,(H2,18,20);2H2,1H3,(H,3,4,5). The number of aromatic nitrogens is 1. The number of amides is 1. The zero-order valence-electron chi connectivity index (χ0n) is 14.7. The molecule has 0 fully saturated rings. The van der Waals surface area contributed by atoms with Crippen LogP contribution in [0.15, 0.2) is 46.9 Å². The number of carbonyl (C=O) groups is 1. The van der Waals surface area contributed by atoms with E-state index in [0.717, 1.165) is 5.56 Å². The summed E-state index contributed by atoms with van der Waals surface area (Å²) in [6, 6.07) is 11.2. The van der Waals surface area contributed by atoms with Crippen molar-refractivity contribution in [2.24, 2.45) is 5.73 Å². The topological polar surface area (TPSA) is 123 Å². The molecule has 0 saturated carbocycles. The first kappa shape index (κ1) is 20.5. The summed E-state index contributed by atoms with van der Waals surface area (Å²) in [5, 5.41) is 0. The maximum Gasteiger partial charge on any atom is 0.264 e. The molecule has 0 bridgehead atoms. The number of nitrogens with zero attached hydrogens (tertiary/aromatic N) is 1. The van der Waals surface area contributed by atoms with E-state index in [-0.39, 0.29) is 17.5 Å². The molecular formula is C18H19FN2O5S. The quantitative estimate of drug-likeness (QED) is 0.655. The number of primary amides is 1. The molecule has 3 rings (SSSR count). The molecule has 0 spiro atoms. The van der Waals surface area contributed by atoms with Crippen LogP contribution in [0, 0.1) is 5.82 Å². The van der Waals surface area contributed by atoms with Crippen LogP contribution in [-0.2, 0) is 14.9 Å². The van der Waals surface area contributed by atoms with Crippen LogP contribution in [0.25, 0.3) is 22.6 Å². The summed E-state index contributed by atoms with van der Waals surface area (Å²) in [6.45, 7) is 3.11. The molecule has 1 amide bonds. The number of benzene rings is 2. The number of hydrogen-bond donors (Lipinski definition) is 2. The molecule has 27 heavy (non-hydrogen) atoms. The van der Waals surface area contributed by atoms with E-state index < -0.39 is 16.0 Å². The van der Waals surface area contributed by atoms with Gasteiger partial charge < -0.3 is 10.2 Å². The van der Waals surface area contributed by atoms with E-state index >= 15 is 0 Å². The van der Waals surface area contributed by atoms with Gasteiger partial charge in [-0.2, -0.15) is 8.42 Å². The highest BCUT2D eigenvalue weighted by Crippen LogP contribution is 2.27. The average molecular weight is 394 g/mol. The number of rotatable bonds is 4. The Bertz CT molecular complexity index is 1050. The summed E-state index contributed by atoms with van der Waals surface area (Å²) in [6.07, 6.45) is 0. The lowest BCUT2D eigenvalue weighted by Crippen LogP contribution is -2.18. The van der Waals surface area contributed by atoms with Crippen molar-refractivity contribution >= 4 is 27.1 Å². The molecule has 1 heterocycles. The molecule has 3 aromatic rings. The molecule has 0 aliphatic heterocycles. The van der Waals surface area contributed by atoms with Crippen LogP contribution < -0.4 is 5.73 Å².